The van der Waals surface area contributed by atoms with Gasteiger partial charge in [0.25, 0.3) is 0 Å². The maximum atomic E-state index is 13.3. The molecule has 0 spiro atoms. The molecule has 0 amide bonds. The van der Waals surface area contributed by atoms with Gasteiger partial charge in [-0.15, -0.1) is 0 Å². The second-order valence-corrected chi connectivity index (χ2v) is 14.1. The second kappa shape index (κ2) is 29.1. The number of phosphoric ester groups is 1. The van der Waals surface area contributed by atoms with Gasteiger partial charge in [0.05, 0.1) is 6.61 Å². The van der Waals surface area contributed by atoms with E-state index in [1.807, 2.05) is 0 Å². The molecule has 0 aliphatic carbocycles. The third-order valence-electron chi connectivity index (χ3n) is 8.87. The maximum Gasteiger partial charge on any atom is 0.470 e. The van der Waals surface area contributed by atoms with E-state index < -0.39 is 31.9 Å². The minimum atomic E-state index is -5.06. The van der Waals surface area contributed by atoms with Crippen molar-refractivity contribution in [3.05, 3.63) is 0 Å². The van der Waals surface area contributed by atoms with Crippen LogP contribution in [0.2, 0.25) is 0 Å². The first-order valence-electron chi connectivity index (χ1n) is 18.3. The summed E-state index contributed by atoms with van der Waals surface area (Å²) in [5.74, 6) is -0.519. The molecule has 0 aliphatic heterocycles. The smallest absolute Gasteiger partial charge is 0.394 e. The predicted octanol–water partition coefficient (Wildman–Crippen LogP) is 10.1. The molecule has 258 valence electrons. The lowest BCUT2D eigenvalue weighted by atomic mass is 9.84. The molecule has 2 unspecified atom stereocenters. The van der Waals surface area contributed by atoms with E-state index in [4.69, 9.17) is 4.52 Å². The minimum absolute atomic E-state index is 0.00482. The molecule has 0 rings (SSSR count). The Bertz CT molecular complexity index is 669. The summed E-state index contributed by atoms with van der Waals surface area (Å²) >= 11 is 0. The Hall–Kier alpha value is -0.300. The highest BCUT2D eigenvalue weighted by Crippen LogP contribution is 2.45. The largest absolute Gasteiger partial charge is 0.470 e. The maximum absolute atomic E-state index is 13.3. The Morgan fingerprint density at radius 1 is 0.581 bits per heavy atom. The van der Waals surface area contributed by atoms with E-state index in [0.29, 0.717) is 12.8 Å². The summed E-state index contributed by atoms with van der Waals surface area (Å²) < 4.78 is 16.9. The molecule has 0 aromatic carbocycles. The summed E-state index contributed by atoms with van der Waals surface area (Å²) in [5.41, 5.74) is -2.07. The Balaban J connectivity index is 4.33. The summed E-state index contributed by atoms with van der Waals surface area (Å²) in [6, 6.07) is 0. The monoisotopic (exact) mass is 634 g/mol. The number of Topliss-reactive ketones (excluding diaryl/α,β-unsaturated/α-hetero) is 1. The highest BCUT2D eigenvalue weighted by atomic mass is 31.2. The Labute approximate surface area is 265 Å². The summed E-state index contributed by atoms with van der Waals surface area (Å²) in [5, 5.41) is 20.2. The van der Waals surface area contributed by atoms with E-state index in [1.165, 1.54) is 116 Å². The third-order valence-corrected chi connectivity index (χ3v) is 9.44. The van der Waals surface area contributed by atoms with Gasteiger partial charge < -0.3 is 20.0 Å². The second-order valence-electron chi connectivity index (χ2n) is 12.9. The zero-order chi connectivity index (χ0) is 32.1. The molecule has 7 nitrogen and oxygen atoms in total. The van der Waals surface area contributed by atoms with Gasteiger partial charge in [-0.05, 0) is 19.3 Å². The Morgan fingerprint density at radius 2 is 0.884 bits per heavy atom. The molecule has 0 radical (unpaired) electrons. The Morgan fingerprint density at radius 3 is 1.19 bits per heavy atom. The lowest BCUT2D eigenvalue weighted by molar-refractivity contribution is -0.153. The number of aliphatic hydroxyl groups is 2. The molecule has 0 aromatic heterocycles. The Kier molecular flexibility index (Phi) is 28.9. The van der Waals surface area contributed by atoms with Crippen molar-refractivity contribution < 1.29 is 33.9 Å². The molecule has 0 saturated carbocycles. The van der Waals surface area contributed by atoms with Gasteiger partial charge in [0.1, 0.15) is 6.10 Å². The molecule has 8 heteroatoms. The molecular weight excluding hydrogens is 563 g/mol. The number of carbonyl (C=O) groups is 1. The molecule has 0 fully saturated rings. The molecule has 0 aromatic rings. The van der Waals surface area contributed by atoms with Gasteiger partial charge in [-0.2, -0.15) is 0 Å². The van der Waals surface area contributed by atoms with E-state index in [0.717, 1.165) is 44.9 Å². The van der Waals surface area contributed by atoms with Gasteiger partial charge in [0.15, 0.2) is 11.4 Å². The van der Waals surface area contributed by atoms with Gasteiger partial charge in [-0.3, -0.25) is 9.32 Å². The molecular formula is C35H71O7P. The van der Waals surface area contributed by atoms with Crippen LogP contribution in [0.3, 0.4) is 0 Å². The van der Waals surface area contributed by atoms with Crippen LogP contribution in [0.5, 0.6) is 0 Å². The highest BCUT2D eigenvalue weighted by Gasteiger charge is 2.49. The lowest BCUT2D eigenvalue weighted by Crippen LogP contribution is -2.52. The topological polar surface area (TPSA) is 124 Å². The zero-order valence-electron chi connectivity index (χ0n) is 28.3. The SMILES string of the molecule is CCCCCCCCCCCCCCCCCCC(OP(=O)(O)O)(C(=O)CCCCCCCCCCCCC)C(O)CO. The first-order chi connectivity index (χ1) is 20.7. The number of hydrogen-bond donors (Lipinski definition) is 4. The molecule has 0 heterocycles. The highest BCUT2D eigenvalue weighted by molar-refractivity contribution is 7.46. The summed E-state index contributed by atoms with van der Waals surface area (Å²) in [6.07, 6.45) is 30.0. The van der Waals surface area contributed by atoms with Crippen molar-refractivity contribution in [3.63, 3.8) is 0 Å². The van der Waals surface area contributed by atoms with Crippen LogP contribution in [-0.2, 0) is 13.9 Å². The van der Waals surface area contributed by atoms with Gasteiger partial charge in [-0.1, -0.05) is 174 Å². The molecule has 4 N–H and O–H groups in total. The van der Waals surface area contributed by atoms with E-state index in [2.05, 4.69) is 13.8 Å². The summed E-state index contributed by atoms with van der Waals surface area (Å²) in [4.78, 5) is 32.4. The first-order valence-corrected chi connectivity index (χ1v) is 19.8. The summed E-state index contributed by atoms with van der Waals surface area (Å²) in [6.45, 7) is 3.69. The zero-order valence-corrected chi connectivity index (χ0v) is 29.1. The predicted molar refractivity (Wildman–Crippen MR) is 179 cm³/mol. The van der Waals surface area contributed by atoms with Crippen molar-refractivity contribution in [2.24, 2.45) is 0 Å². The number of ketones is 1. The van der Waals surface area contributed by atoms with Crippen molar-refractivity contribution in [2.75, 3.05) is 6.61 Å². The van der Waals surface area contributed by atoms with Crippen molar-refractivity contribution in [2.45, 2.75) is 212 Å². The fourth-order valence-electron chi connectivity index (χ4n) is 6.11. The normalized spacial score (nSPS) is 14.2. The van der Waals surface area contributed by atoms with E-state index in [-0.39, 0.29) is 12.8 Å². The minimum Gasteiger partial charge on any atom is -0.394 e. The number of hydrogen-bond acceptors (Lipinski definition) is 5. The van der Waals surface area contributed by atoms with Crippen LogP contribution in [-0.4, -0.2) is 44.1 Å². The first kappa shape index (κ1) is 42.7. The van der Waals surface area contributed by atoms with Crippen LogP contribution in [0.25, 0.3) is 0 Å². The molecule has 0 saturated heterocycles. The van der Waals surface area contributed by atoms with Crippen LogP contribution < -0.4 is 0 Å². The van der Waals surface area contributed by atoms with Gasteiger partial charge in [0.2, 0.25) is 0 Å². The van der Waals surface area contributed by atoms with E-state index >= 15 is 0 Å². The van der Waals surface area contributed by atoms with Gasteiger partial charge in [-0.25, -0.2) is 4.57 Å². The van der Waals surface area contributed by atoms with E-state index in [1.54, 1.807) is 0 Å². The molecule has 0 bridgehead atoms. The van der Waals surface area contributed by atoms with Crippen LogP contribution in [0, 0.1) is 0 Å². The van der Waals surface area contributed by atoms with Gasteiger partial charge >= 0.3 is 7.82 Å². The lowest BCUT2D eigenvalue weighted by Gasteiger charge is -2.35. The van der Waals surface area contributed by atoms with Gasteiger partial charge in [0, 0.05) is 6.42 Å². The fraction of sp³-hybridized carbons (Fsp3) is 0.971. The number of unbranched alkanes of at least 4 members (excludes halogenated alkanes) is 25. The van der Waals surface area contributed by atoms with Crippen LogP contribution in [0.15, 0.2) is 0 Å². The number of aliphatic hydroxyl groups excluding tert-OH is 2. The molecule has 43 heavy (non-hydrogen) atoms. The average molecular weight is 635 g/mol. The fourth-order valence-corrected chi connectivity index (χ4v) is 6.85. The number of rotatable bonds is 34. The number of phosphoric acid groups is 1. The van der Waals surface area contributed by atoms with Crippen LogP contribution >= 0.6 is 7.82 Å². The van der Waals surface area contributed by atoms with Crippen molar-refractivity contribution in [1.29, 1.82) is 0 Å². The standard InChI is InChI=1S/C35H71O7P/c1-3-5-7-9-11-13-15-16-17-18-19-21-23-25-27-29-31-35(34(38)32-36,42-43(39,40)41)33(37)30-28-26-24-22-20-14-12-10-8-6-4-2/h34,36,38H,3-32H2,1-2H3,(H2,39,40,41). The number of carbonyl (C=O) groups excluding carboxylic acids is 1. The molecule has 0 aliphatic rings. The van der Waals surface area contributed by atoms with Crippen molar-refractivity contribution in [3.8, 4) is 0 Å². The third kappa shape index (κ3) is 24.6. The van der Waals surface area contributed by atoms with Crippen LogP contribution in [0.4, 0.5) is 0 Å². The van der Waals surface area contributed by atoms with Crippen molar-refractivity contribution in [1.82, 2.24) is 0 Å². The molecule has 2 atom stereocenters. The quantitative estimate of drug-likeness (QED) is 0.0410. The van der Waals surface area contributed by atoms with Crippen molar-refractivity contribution >= 4 is 13.6 Å². The van der Waals surface area contributed by atoms with E-state index in [9.17, 15) is 29.4 Å². The average Bonchev–Trinajstić information content (AvgIpc) is 2.97. The van der Waals surface area contributed by atoms with Crippen LogP contribution in [0.1, 0.15) is 200 Å². The summed E-state index contributed by atoms with van der Waals surface area (Å²) in [7, 11) is -5.06.